The van der Waals surface area contributed by atoms with Gasteiger partial charge in [0, 0.05) is 12.1 Å². The minimum atomic E-state index is -0.519. The third kappa shape index (κ3) is 3.83. The number of hydrogen-bond acceptors (Lipinski definition) is 5. The Bertz CT molecular complexity index is 512. The molecule has 1 aliphatic carbocycles. The lowest BCUT2D eigenvalue weighted by Crippen LogP contribution is -2.31. The first kappa shape index (κ1) is 15.5. The van der Waals surface area contributed by atoms with Gasteiger partial charge in [0.05, 0.1) is 31.4 Å². The van der Waals surface area contributed by atoms with Crippen molar-refractivity contribution in [3.63, 3.8) is 0 Å². The maximum Gasteiger partial charge on any atom is 0.335 e. The van der Waals surface area contributed by atoms with Gasteiger partial charge in [-0.15, -0.1) is 0 Å². The second kappa shape index (κ2) is 7.24. The molecular formula is C16H21NO4. The van der Waals surface area contributed by atoms with Crippen LogP contribution in [0.25, 0.3) is 0 Å². The summed E-state index contributed by atoms with van der Waals surface area (Å²) in [7, 11) is 1.33. The number of esters is 1. The van der Waals surface area contributed by atoms with E-state index in [0.29, 0.717) is 18.4 Å². The van der Waals surface area contributed by atoms with Crippen LogP contribution in [0.3, 0.4) is 0 Å². The number of carbonyl (C=O) groups excluding carboxylic acids is 1. The van der Waals surface area contributed by atoms with Crippen molar-refractivity contribution in [2.75, 3.05) is 13.7 Å². The third-order valence-electron chi connectivity index (χ3n) is 3.70. The summed E-state index contributed by atoms with van der Waals surface area (Å²) in [5.41, 5.74) is 2.16. The van der Waals surface area contributed by atoms with E-state index in [4.69, 9.17) is 4.74 Å². The molecule has 0 aromatic heterocycles. The Morgan fingerprint density at radius 2 is 2.14 bits per heavy atom. The Morgan fingerprint density at radius 3 is 2.76 bits per heavy atom. The molecule has 0 aliphatic heterocycles. The molecule has 1 aromatic rings. The minimum absolute atomic E-state index is 0.0788. The highest BCUT2D eigenvalue weighted by atomic mass is 16.5. The summed E-state index contributed by atoms with van der Waals surface area (Å²) in [6, 6.07) is 9.28. The number of carbonyl (C=O) groups is 1. The van der Waals surface area contributed by atoms with Crippen LogP contribution in [-0.2, 0) is 9.53 Å². The van der Waals surface area contributed by atoms with Crippen LogP contribution in [0.1, 0.15) is 30.9 Å². The van der Waals surface area contributed by atoms with Gasteiger partial charge in [-0.3, -0.25) is 0 Å². The van der Waals surface area contributed by atoms with Crippen molar-refractivity contribution in [3.05, 3.63) is 47.2 Å². The highest BCUT2D eigenvalue weighted by molar-refractivity contribution is 5.89. The highest BCUT2D eigenvalue weighted by Gasteiger charge is 2.26. The lowest BCUT2D eigenvalue weighted by molar-refractivity contribution is -0.136. The van der Waals surface area contributed by atoms with E-state index in [1.165, 1.54) is 7.11 Å². The van der Waals surface area contributed by atoms with Crippen LogP contribution in [0, 0.1) is 0 Å². The van der Waals surface area contributed by atoms with Crippen LogP contribution in [0.2, 0.25) is 0 Å². The molecule has 0 saturated carbocycles. The number of aliphatic hydroxyl groups is 2. The number of rotatable bonds is 5. The zero-order chi connectivity index (χ0) is 15.2. The van der Waals surface area contributed by atoms with Gasteiger partial charge >= 0.3 is 5.97 Å². The Balaban J connectivity index is 2.23. The molecule has 1 aromatic carbocycles. The summed E-state index contributed by atoms with van der Waals surface area (Å²) in [5.74, 6) is -0.430. The molecule has 1 aliphatic rings. The number of methoxy groups -OCH3 is 1. The lowest BCUT2D eigenvalue weighted by Gasteiger charge is -2.27. The average molecular weight is 291 g/mol. The van der Waals surface area contributed by atoms with Gasteiger partial charge in [-0.2, -0.15) is 0 Å². The molecule has 5 heteroatoms. The quantitative estimate of drug-likeness (QED) is 0.712. The predicted molar refractivity (Wildman–Crippen MR) is 78.3 cm³/mol. The van der Waals surface area contributed by atoms with E-state index in [-0.39, 0.29) is 19.1 Å². The number of ether oxygens (including phenoxy) is 1. The normalized spacial score (nSPS) is 20.0. The van der Waals surface area contributed by atoms with Crippen LogP contribution < -0.4 is 5.32 Å². The Hall–Kier alpha value is -1.85. The molecule has 0 unspecified atom stereocenters. The first-order valence-electron chi connectivity index (χ1n) is 7.06. The van der Waals surface area contributed by atoms with Crippen molar-refractivity contribution >= 4 is 5.97 Å². The van der Waals surface area contributed by atoms with Gasteiger partial charge < -0.3 is 20.3 Å². The average Bonchev–Trinajstić information content (AvgIpc) is 2.53. The first-order valence-corrected chi connectivity index (χ1v) is 7.06. The number of allylic oxidation sites excluding steroid dienone is 1. The number of benzene rings is 1. The molecule has 0 bridgehead atoms. The standard InChI is InChI=1S/C16H21NO4/c1-21-16(20)13-9-12(19)7-8-14(13)17-15(10-18)11-5-3-2-4-6-11/h2-6,12,15,17-19H,7-10H2,1H3/t12-,15-/m1/s1. The summed E-state index contributed by atoms with van der Waals surface area (Å²) < 4.78 is 4.78. The molecule has 2 rings (SSSR count). The van der Waals surface area contributed by atoms with Crippen LogP contribution in [0.4, 0.5) is 0 Å². The fraction of sp³-hybridized carbons (Fsp3) is 0.438. The van der Waals surface area contributed by atoms with Crippen molar-refractivity contribution < 1.29 is 19.7 Å². The van der Waals surface area contributed by atoms with Crippen molar-refractivity contribution in [2.24, 2.45) is 0 Å². The Labute approximate surface area is 124 Å². The van der Waals surface area contributed by atoms with Crippen molar-refractivity contribution in [1.82, 2.24) is 5.32 Å². The number of hydrogen-bond donors (Lipinski definition) is 3. The van der Waals surface area contributed by atoms with Crippen molar-refractivity contribution in [3.8, 4) is 0 Å². The minimum Gasteiger partial charge on any atom is -0.466 e. The van der Waals surface area contributed by atoms with Crippen molar-refractivity contribution in [2.45, 2.75) is 31.4 Å². The summed E-state index contributed by atoms with van der Waals surface area (Å²) >= 11 is 0. The van der Waals surface area contributed by atoms with Crippen LogP contribution >= 0.6 is 0 Å². The molecule has 0 spiro atoms. The molecule has 0 radical (unpaired) electrons. The topological polar surface area (TPSA) is 78.8 Å². The number of aliphatic hydroxyl groups excluding tert-OH is 2. The molecule has 0 heterocycles. The number of nitrogens with one attached hydrogen (secondary N) is 1. The Kier molecular flexibility index (Phi) is 5.36. The van der Waals surface area contributed by atoms with Gasteiger partial charge in [0.25, 0.3) is 0 Å². The molecular weight excluding hydrogens is 270 g/mol. The third-order valence-corrected chi connectivity index (χ3v) is 3.70. The zero-order valence-electron chi connectivity index (χ0n) is 12.1. The van der Waals surface area contributed by atoms with Crippen LogP contribution in [-0.4, -0.2) is 36.0 Å². The molecule has 0 saturated heterocycles. The predicted octanol–water partition coefficient (Wildman–Crippen LogP) is 1.28. The molecule has 2 atom stereocenters. The summed E-state index contributed by atoms with van der Waals surface area (Å²) in [5, 5.41) is 22.5. The van der Waals surface area contributed by atoms with Gasteiger partial charge in [-0.1, -0.05) is 30.3 Å². The van der Waals surface area contributed by atoms with E-state index in [1.54, 1.807) is 0 Å². The smallest absolute Gasteiger partial charge is 0.335 e. The molecule has 5 nitrogen and oxygen atoms in total. The van der Waals surface area contributed by atoms with Crippen molar-refractivity contribution in [1.29, 1.82) is 0 Å². The zero-order valence-corrected chi connectivity index (χ0v) is 12.1. The molecule has 0 amide bonds. The fourth-order valence-corrected chi connectivity index (χ4v) is 2.54. The Morgan fingerprint density at radius 1 is 1.43 bits per heavy atom. The van der Waals surface area contributed by atoms with E-state index >= 15 is 0 Å². The molecule has 0 fully saturated rings. The molecule has 3 N–H and O–H groups in total. The molecule has 21 heavy (non-hydrogen) atoms. The van der Waals surface area contributed by atoms with Crippen LogP contribution in [0.15, 0.2) is 41.6 Å². The molecule has 114 valence electrons. The van der Waals surface area contributed by atoms with E-state index in [9.17, 15) is 15.0 Å². The maximum absolute atomic E-state index is 11.8. The van der Waals surface area contributed by atoms with E-state index in [1.807, 2.05) is 30.3 Å². The highest BCUT2D eigenvalue weighted by Crippen LogP contribution is 2.26. The van der Waals surface area contributed by atoms with Gasteiger partial charge in [-0.25, -0.2) is 4.79 Å². The van der Waals surface area contributed by atoms with Gasteiger partial charge in [0.2, 0.25) is 0 Å². The van der Waals surface area contributed by atoms with Gasteiger partial charge in [-0.05, 0) is 18.4 Å². The summed E-state index contributed by atoms with van der Waals surface area (Å²) in [6.45, 7) is -0.0788. The van der Waals surface area contributed by atoms with Crippen LogP contribution in [0.5, 0.6) is 0 Å². The lowest BCUT2D eigenvalue weighted by atomic mass is 9.93. The van der Waals surface area contributed by atoms with Gasteiger partial charge in [0.1, 0.15) is 0 Å². The first-order chi connectivity index (χ1) is 10.2. The van der Waals surface area contributed by atoms with Gasteiger partial charge in [0.15, 0.2) is 0 Å². The largest absolute Gasteiger partial charge is 0.466 e. The van der Waals surface area contributed by atoms with E-state index < -0.39 is 12.1 Å². The second-order valence-corrected chi connectivity index (χ2v) is 5.14. The summed E-state index contributed by atoms with van der Waals surface area (Å²) in [6.07, 6.45) is 0.918. The summed E-state index contributed by atoms with van der Waals surface area (Å²) in [4.78, 5) is 11.8. The fourth-order valence-electron chi connectivity index (χ4n) is 2.54. The van der Waals surface area contributed by atoms with E-state index in [2.05, 4.69) is 5.32 Å². The monoisotopic (exact) mass is 291 g/mol. The maximum atomic E-state index is 11.8. The van der Waals surface area contributed by atoms with E-state index in [0.717, 1.165) is 11.3 Å². The SMILES string of the molecule is COC(=O)C1=C(N[C@H](CO)c2ccccc2)CC[C@@H](O)C1. The second-order valence-electron chi connectivity index (χ2n) is 5.14.